The highest BCUT2D eigenvalue weighted by Gasteiger charge is 2.15. The Morgan fingerprint density at radius 2 is 1.35 bits per heavy atom. The van der Waals surface area contributed by atoms with Gasteiger partial charge in [0.05, 0.1) is 4.90 Å². The van der Waals surface area contributed by atoms with Gasteiger partial charge in [0.15, 0.2) is 0 Å². The van der Waals surface area contributed by atoms with Crippen molar-refractivity contribution in [1.29, 1.82) is 0 Å². The molecule has 2 N–H and O–H groups in total. The quantitative estimate of drug-likeness (QED) is 0.856. The fraction of sp³-hybridized carbons (Fsp3) is 0.111. The van der Waals surface area contributed by atoms with Gasteiger partial charge in [-0.25, -0.2) is 13.6 Å². The molecule has 0 unspecified atom stereocenters. The van der Waals surface area contributed by atoms with Crippen LogP contribution in [0.25, 0.3) is 11.1 Å². The summed E-state index contributed by atoms with van der Waals surface area (Å²) in [6, 6.07) is 15.2. The van der Waals surface area contributed by atoms with Crippen molar-refractivity contribution >= 4 is 32.9 Å². The molecule has 0 aliphatic heterocycles. The van der Waals surface area contributed by atoms with Gasteiger partial charge in [-0.2, -0.15) is 0 Å². The standard InChI is InChI=1S/C18H17NO2S2/c1-22-15-9-5-13(6-10-15)17-3-2-4-18(17)14-7-11-16(12-8-14)23(19,20)21/h3-12H,2H2,1H3,(H2,19,20,21). The molecule has 0 aromatic heterocycles. The number of benzene rings is 2. The SMILES string of the molecule is CSc1ccc(C2=CCC=C2c2ccc(S(N)(=O)=O)cc2)cc1. The van der Waals surface area contributed by atoms with E-state index in [9.17, 15) is 8.42 Å². The number of sulfonamides is 1. The maximum atomic E-state index is 11.4. The molecule has 0 fully saturated rings. The molecule has 0 saturated heterocycles. The lowest BCUT2D eigenvalue weighted by Gasteiger charge is -2.11. The minimum absolute atomic E-state index is 0.134. The number of primary sulfonamides is 1. The molecule has 1 aliphatic rings. The van der Waals surface area contributed by atoms with Crippen molar-refractivity contribution in [3.8, 4) is 0 Å². The van der Waals surface area contributed by atoms with E-state index in [4.69, 9.17) is 5.14 Å². The summed E-state index contributed by atoms with van der Waals surface area (Å²) in [5.74, 6) is 0. The number of thioether (sulfide) groups is 1. The maximum Gasteiger partial charge on any atom is 0.238 e. The number of nitrogens with two attached hydrogens (primary N) is 1. The predicted octanol–water partition coefficient (Wildman–Crippen LogP) is 3.93. The first-order valence-electron chi connectivity index (χ1n) is 7.17. The summed E-state index contributed by atoms with van der Waals surface area (Å²) in [6.07, 6.45) is 7.29. The summed E-state index contributed by atoms with van der Waals surface area (Å²) in [6.45, 7) is 0. The minimum atomic E-state index is -3.65. The molecule has 0 amide bonds. The van der Waals surface area contributed by atoms with E-state index in [1.807, 2.05) is 0 Å². The van der Waals surface area contributed by atoms with E-state index < -0.39 is 10.0 Å². The molecule has 0 radical (unpaired) electrons. The van der Waals surface area contributed by atoms with Crippen molar-refractivity contribution in [2.24, 2.45) is 5.14 Å². The second-order valence-electron chi connectivity index (χ2n) is 5.27. The minimum Gasteiger partial charge on any atom is -0.225 e. The zero-order valence-electron chi connectivity index (χ0n) is 12.7. The van der Waals surface area contributed by atoms with Crippen molar-refractivity contribution < 1.29 is 8.42 Å². The smallest absolute Gasteiger partial charge is 0.225 e. The highest BCUT2D eigenvalue weighted by molar-refractivity contribution is 7.98. The summed E-state index contributed by atoms with van der Waals surface area (Å²) in [5.41, 5.74) is 4.47. The van der Waals surface area contributed by atoms with Crippen LogP contribution < -0.4 is 5.14 Å². The summed E-state index contributed by atoms with van der Waals surface area (Å²) in [5, 5.41) is 5.15. The highest BCUT2D eigenvalue weighted by Crippen LogP contribution is 2.36. The van der Waals surface area contributed by atoms with Crippen LogP contribution in [-0.2, 0) is 10.0 Å². The molecule has 3 rings (SSSR count). The van der Waals surface area contributed by atoms with Crippen LogP contribution in [0.15, 0.2) is 70.5 Å². The third kappa shape index (κ3) is 3.42. The van der Waals surface area contributed by atoms with Gasteiger partial charge in [-0.15, -0.1) is 11.8 Å². The summed E-state index contributed by atoms with van der Waals surface area (Å²) in [7, 11) is -3.65. The Balaban J connectivity index is 1.92. The van der Waals surface area contributed by atoms with Crippen LogP contribution in [0.1, 0.15) is 17.5 Å². The molecule has 118 valence electrons. The van der Waals surface area contributed by atoms with Gasteiger partial charge in [0.2, 0.25) is 10.0 Å². The van der Waals surface area contributed by atoms with Gasteiger partial charge in [0.25, 0.3) is 0 Å². The second-order valence-corrected chi connectivity index (χ2v) is 7.71. The molecule has 0 heterocycles. The first-order chi connectivity index (χ1) is 11.0. The first-order valence-corrected chi connectivity index (χ1v) is 9.94. The van der Waals surface area contributed by atoms with Crippen LogP contribution in [0.4, 0.5) is 0 Å². The molecule has 0 bridgehead atoms. The Bertz CT molecular complexity index is 878. The van der Waals surface area contributed by atoms with Crippen molar-refractivity contribution in [2.75, 3.05) is 6.26 Å². The zero-order valence-corrected chi connectivity index (χ0v) is 14.3. The van der Waals surface area contributed by atoms with E-state index in [0.717, 1.165) is 17.6 Å². The van der Waals surface area contributed by atoms with Gasteiger partial charge < -0.3 is 0 Å². The van der Waals surface area contributed by atoms with E-state index in [1.54, 1.807) is 36.0 Å². The normalized spacial score (nSPS) is 14.5. The average Bonchev–Trinajstić information content (AvgIpc) is 3.04. The molecule has 5 heteroatoms. The van der Waals surface area contributed by atoms with Crippen LogP contribution in [-0.4, -0.2) is 14.7 Å². The van der Waals surface area contributed by atoms with E-state index in [1.165, 1.54) is 16.0 Å². The molecule has 2 aromatic rings. The monoisotopic (exact) mass is 343 g/mol. The third-order valence-corrected chi connectivity index (χ3v) is 5.50. The summed E-state index contributed by atoms with van der Waals surface area (Å²) >= 11 is 1.72. The molecule has 0 atom stereocenters. The lowest BCUT2D eigenvalue weighted by atomic mass is 9.95. The van der Waals surface area contributed by atoms with Crippen LogP contribution in [0.3, 0.4) is 0 Å². The highest BCUT2D eigenvalue weighted by atomic mass is 32.2. The molecule has 3 nitrogen and oxygen atoms in total. The van der Waals surface area contributed by atoms with E-state index in [-0.39, 0.29) is 4.90 Å². The Morgan fingerprint density at radius 3 is 1.78 bits per heavy atom. The summed E-state index contributed by atoms with van der Waals surface area (Å²) < 4.78 is 22.7. The van der Waals surface area contributed by atoms with E-state index >= 15 is 0 Å². The van der Waals surface area contributed by atoms with Gasteiger partial charge in [-0.1, -0.05) is 36.4 Å². The number of allylic oxidation sites excluding steroid dienone is 4. The molecular formula is C18H17NO2S2. The van der Waals surface area contributed by atoms with Crippen LogP contribution >= 0.6 is 11.8 Å². The number of hydrogen-bond acceptors (Lipinski definition) is 3. The van der Waals surface area contributed by atoms with Crippen molar-refractivity contribution in [3.63, 3.8) is 0 Å². The molecular weight excluding hydrogens is 326 g/mol. The Kier molecular flexibility index (Phi) is 4.43. The van der Waals surface area contributed by atoms with Crippen LogP contribution in [0.5, 0.6) is 0 Å². The average molecular weight is 343 g/mol. The number of hydrogen-bond donors (Lipinski definition) is 1. The molecule has 23 heavy (non-hydrogen) atoms. The zero-order chi connectivity index (χ0) is 16.4. The molecule has 1 aliphatic carbocycles. The van der Waals surface area contributed by atoms with Gasteiger partial charge in [-0.3, -0.25) is 0 Å². The van der Waals surface area contributed by atoms with Crippen molar-refractivity contribution in [1.82, 2.24) is 0 Å². The Morgan fingerprint density at radius 1 is 0.870 bits per heavy atom. The Labute approximate surface area is 141 Å². The topological polar surface area (TPSA) is 60.2 Å². The maximum absolute atomic E-state index is 11.4. The van der Waals surface area contributed by atoms with Crippen LogP contribution in [0.2, 0.25) is 0 Å². The van der Waals surface area contributed by atoms with E-state index in [0.29, 0.717) is 0 Å². The van der Waals surface area contributed by atoms with Gasteiger partial charge in [0, 0.05) is 4.90 Å². The molecule has 0 spiro atoms. The molecule has 2 aromatic carbocycles. The lowest BCUT2D eigenvalue weighted by molar-refractivity contribution is 0.598. The fourth-order valence-electron chi connectivity index (χ4n) is 2.66. The Hall–Kier alpha value is -1.82. The fourth-order valence-corrected chi connectivity index (χ4v) is 3.58. The first kappa shape index (κ1) is 16.1. The number of rotatable bonds is 4. The van der Waals surface area contributed by atoms with Gasteiger partial charge >= 0.3 is 0 Å². The second kappa shape index (κ2) is 6.35. The summed E-state index contributed by atoms with van der Waals surface area (Å²) in [4.78, 5) is 1.37. The van der Waals surface area contributed by atoms with E-state index in [2.05, 4.69) is 42.7 Å². The van der Waals surface area contributed by atoms with Crippen molar-refractivity contribution in [3.05, 3.63) is 71.8 Å². The molecule has 0 saturated carbocycles. The van der Waals surface area contributed by atoms with Gasteiger partial charge in [-0.05, 0) is 59.2 Å². The lowest BCUT2D eigenvalue weighted by Crippen LogP contribution is -2.11. The van der Waals surface area contributed by atoms with Gasteiger partial charge in [0.1, 0.15) is 0 Å². The largest absolute Gasteiger partial charge is 0.238 e. The van der Waals surface area contributed by atoms with Crippen molar-refractivity contribution in [2.45, 2.75) is 16.2 Å². The third-order valence-electron chi connectivity index (χ3n) is 3.83. The van der Waals surface area contributed by atoms with Crippen LogP contribution in [0, 0.1) is 0 Å². The predicted molar refractivity (Wildman–Crippen MR) is 96.6 cm³/mol.